The Labute approximate surface area is 350 Å². The van der Waals surface area contributed by atoms with E-state index >= 15 is 0 Å². The monoisotopic (exact) mass is 829 g/mol. The third-order valence-electron chi connectivity index (χ3n) is 9.79. The van der Waals surface area contributed by atoms with Crippen LogP contribution >= 0.6 is 11.6 Å². The average molecular weight is 830 g/mol. The summed E-state index contributed by atoms with van der Waals surface area (Å²) in [6.07, 6.45) is 0.486. The maximum absolute atomic E-state index is 14.5. The largest absolute Gasteiger partial charge is 0.496 e. The number of hydrogen-bond donors (Lipinski definition) is 1. The van der Waals surface area contributed by atoms with Crippen LogP contribution in [0.15, 0.2) is 78.9 Å². The van der Waals surface area contributed by atoms with Crippen molar-refractivity contribution in [1.29, 1.82) is 0 Å². The van der Waals surface area contributed by atoms with Crippen molar-refractivity contribution in [3.05, 3.63) is 112 Å². The van der Waals surface area contributed by atoms with E-state index in [0.717, 1.165) is 10.5 Å². The molecule has 1 N–H and O–H groups in total. The Morgan fingerprint density at radius 2 is 1.51 bits per heavy atom. The van der Waals surface area contributed by atoms with Crippen molar-refractivity contribution in [2.75, 3.05) is 41.5 Å². The van der Waals surface area contributed by atoms with Crippen molar-refractivity contribution < 1.29 is 47.6 Å². The molecule has 0 aliphatic carbocycles. The van der Waals surface area contributed by atoms with E-state index in [0.29, 0.717) is 56.9 Å². The van der Waals surface area contributed by atoms with Crippen molar-refractivity contribution in [1.82, 2.24) is 15.1 Å². The van der Waals surface area contributed by atoms with Gasteiger partial charge in [-0.1, -0.05) is 54.9 Å². The summed E-state index contributed by atoms with van der Waals surface area (Å²) in [5, 5.41) is 3.39. The lowest BCUT2D eigenvalue weighted by atomic mass is 9.96. The van der Waals surface area contributed by atoms with Gasteiger partial charge in [0, 0.05) is 23.7 Å². The zero-order valence-electron chi connectivity index (χ0n) is 34.8. The van der Waals surface area contributed by atoms with Crippen molar-refractivity contribution in [2.24, 2.45) is 5.92 Å². The first kappa shape index (κ1) is 44.2. The summed E-state index contributed by atoms with van der Waals surface area (Å²) < 4.78 is 34.2. The van der Waals surface area contributed by atoms with Gasteiger partial charge in [-0.3, -0.25) is 14.5 Å². The lowest BCUT2D eigenvalue weighted by molar-refractivity contribution is -0.135. The smallest absolute Gasteiger partial charge is 0.342 e. The minimum atomic E-state index is -0.894. The molecule has 2 atom stereocenters. The number of benzene rings is 4. The second-order valence-electron chi connectivity index (χ2n) is 15.0. The summed E-state index contributed by atoms with van der Waals surface area (Å²) in [4.78, 5) is 59.0. The Hall–Kier alpha value is -5.95. The summed E-state index contributed by atoms with van der Waals surface area (Å²) in [7, 11) is 6.03. The highest BCUT2D eigenvalue weighted by Gasteiger charge is 2.39. The van der Waals surface area contributed by atoms with Crippen LogP contribution in [0.4, 0.5) is 4.79 Å². The number of urea groups is 1. The highest BCUT2D eigenvalue weighted by molar-refractivity contribution is 6.30. The van der Waals surface area contributed by atoms with Crippen LogP contribution in [0.1, 0.15) is 72.8 Å². The topological polar surface area (TPSA) is 142 Å². The molecule has 59 heavy (non-hydrogen) atoms. The molecule has 0 aromatic heterocycles. The van der Waals surface area contributed by atoms with Gasteiger partial charge in [0.15, 0.2) is 0 Å². The molecule has 0 spiro atoms. The molecule has 0 radical (unpaired) electrons. The molecule has 1 aliphatic heterocycles. The molecule has 1 aliphatic rings. The van der Waals surface area contributed by atoms with Crippen LogP contribution in [0.5, 0.6) is 28.7 Å². The number of carbonyl (C=O) groups is 4. The fraction of sp³-hybridized carbons (Fsp3) is 0.378. The second kappa shape index (κ2) is 19.7. The Morgan fingerprint density at radius 1 is 0.847 bits per heavy atom. The maximum Gasteiger partial charge on any atom is 0.342 e. The highest BCUT2D eigenvalue weighted by atomic mass is 35.5. The molecular formula is C45H52ClN3O10. The van der Waals surface area contributed by atoms with E-state index in [9.17, 15) is 19.2 Å². The molecular weight excluding hydrogens is 778 g/mol. The van der Waals surface area contributed by atoms with Crippen LogP contribution in [-0.4, -0.2) is 80.7 Å². The fourth-order valence-electron chi connectivity index (χ4n) is 6.82. The molecule has 0 bridgehead atoms. The zero-order chi connectivity index (χ0) is 42.9. The van der Waals surface area contributed by atoms with E-state index in [1.807, 2.05) is 37.3 Å². The van der Waals surface area contributed by atoms with E-state index in [1.165, 1.54) is 33.3 Å². The minimum absolute atomic E-state index is 0.00478. The van der Waals surface area contributed by atoms with Gasteiger partial charge in [0.1, 0.15) is 53.1 Å². The molecule has 1 saturated heterocycles. The van der Waals surface area contributed by atoms with Gasteiger partial charge in [-0.05, 0) is 80.6 Å². The number of nitrogens with one attached hydrogen (secondary N) is 1. The SMILES string of the molecule is CC[C@H](NC(=O)N1CC(=O)N(Cc2c(OC)cc(OC)cc2OC)C[C@@H](Cc2cc(Cl)ccc2OC)C1=O)c1ccc(OCc2ccccc2)c(C(=O)OC(C)(C)C)c1. The van der Waals surface area contributed by atoms with Gasteiger partial charge >= 0.3 is 12.0 Å². The van der Waals surface area contributed by atoms with Crippen molar-refractivity contribution in [3.63, 3.8) is 0 Å². The molecule has 4 aromatic carbocycles. The number of esters is 1. The van der Waals surface area contributed by atoms with Crippen LogP contribution in [0.25, 0.3) is 0 Å². The van der Waals surface area contributed by atoms with Gasteiger partial charge in [0.05, 0.1) is 52.5 Å². The highest BCUT2D eigenvalue weighted by Crippen LogP contribution is 2.36. The third kappa shape index (κ3) is 11.2. The normalized spacial score (nSPS) is 14.9. The average Bonchev–Trinajstić information content (AvgIpc) is 3.33. The lowest BCUT2D eigenvalue weighted by Crippen LogP contribution is -2.48. The number of ether oxygens (including phenoxy) is 6. The van der Waals surface area contributed by atoms with E-state index in [1.54, 1.807) is 69.3 Å². The number of halogens is 1. The number of imide groups is 1. The summed E-state index contributed by atoms with van der Waals surface area (Å²) >= 11 is 6.38. The van der Waals surface area contributed by atoms with Gasteiger partial charge in [0.2, 0.25) is 11.8 Å². The molecule has 4 aromatic rings. The maximum atomic E-state index is 14.5. The zero-order valence-corrected chi connectivity index (χ0v) is 35.5. The fourth-order valence-corrected chi connectivity index (χ4v) is 7.01. The first-order chi connectivity index (χ1) is 28.2. The Kier molecular flexibility index (Phi) is 14.7. The predicted molar refractivity (Wildman–Crippen MR) is 222 cm³/mol. The molecule has 4 amide bonds. The second-order valence-corrected chi connectivity index (χ2v) is 15.4. The van der Waals surface area contributed by atoms with Crippen molar-refractivity contribution in [2.45, 2.75) is 65.3 Å². The molecule has 1 heterocycles. The molecule has 14 heteroatoms. The number of methoxy groups -OCH3 is 4. The summed E-state index contributed by atoms with van der Waals surface area (Å²) in [6.45, 7) is 6.81. The Morgan fingerprint density at radius 3 is 2.12 bits per heavy atom. The van der Waals surface area contributed by atoms with Crippen LogP contribution in [0.2, 0.25) is 5.02 Å². The number of amides is 4. The van der Waals surface area contributed by atoms with E-state index in [2.05, 4.69) is 5.32 Å². The Bertz CT molecular complexity index is 2110. The Balaban J connectivity index is 1.47. The molecule has 0 unspecified atom stereocenters. The van der Waals surface area contributed by atoms with Crippen molar-refractivity contribution in [3.8, 4) is 28.7 Å². The van der Waals surface area contributed by atoms with E-state index < -0.39 is 47.9 Å². The van der Waals surface area contributed by atoms with Gasteiger partial charge in [0.25, 0.3) is 0 Å². The molecule has 13 nitrogen and oxygen atoms in total. The van der Waals surface area contributed by atoms with Crippen molar-refractivity contribution >= 4 is 35.4 Å². The summed E-state index contributed by atoms with van der Waals surface area (Å²) in [5.41, 5.74) is 2.06. The minimum Gasteiger partial charge on any atom is -0.496 e. The van der Waals surface area contributed by atoms with E-state index in [4.69, 9.17) is 40.0 Å². The summed E-state index contributed by atoms with van der Waals surface area (Å²) in [6, 6.07) is 21.6. The quantitative estimate of drug-likeness (QED) is 0.118. The van der Waals surface area contributed by atoms with Gasteiger partial charge in [-0.15, -0.1) is 0 Å². The molecule has 0 saturated carbocycles. The first-order valence-corrected chi connectivity index (χ1v) is 19.6. The number of hydrogen-bond acceptors (Lipinski definition) is 10. The van der Waals surface area contributed by atoms with Crippen LogP contribution < -0.4 is 29.0 Å². The standard InChI is InChI=1S/C45H52ClN3O10/c1-9-36(29-15-17-38(58-27-28-13-11-10-12-14-28)34(21-29)43(52)59-45(2,3)4)47-44(53)49-26-41(50)48(25-35-39(56-7)22-33(54-5)23-40(35)57-8)24-31(42(49)51)19-30-20-32(46)16-18-37(30)55-6/h10-18,20-23,31,36H,9,19,24-27H2,1-8H3,(H,47,53)/t31-,36+/m1/s1. The van der Waals surface area contributed by atoms with Crippen LogP contribution in [0.3, 0.4) is 0 Å². The van der Waals surface area contributed by atoms with Gasteiger partial charge in [-0.2, -0.15) is 0 Å². The van der Waals surface area contributed by atoms with Gasteiger partial charge < -0.3 is 38.6 Å². The molecule has 314 valence electrons. The predicted octanol–water partition coefficient (Wildman–Crippen LogP) is 7.80. The third-order valence-corrected chi connectivity index (χ3v) is 10.0. The van der Waals surface area contributed by atoms with Crippen LogP contribution in [0, 0.1) is 5.92 Å². The van der Waals surface area contributed by atoms with Gasteiger partial charge in [-0.25, -0.2) is 9.59 Å². The molecule has 1 fully saturated rings. The number of carbonyl (C=O) groups excluding carboxylic acids is 4. The first-order valence-electron chi connectivity index (χ1n) is 19.2. The number of rotatable bonds is 15. The lowest BCUT2D eigenvalue weighted by Gasteiger charge is -2.26. The van der Waals surface area contributed by atoms with E-state index in [-0.39, 0.29) is 31.7 Å². The molecule has 5 rings (SSSR count). The number of nitrogens with zero attached hydrogens (tertiary/aromatic N) is 2. The van der Waals surface area contributed by atoms with Crippen LogP contribution in [-0.2, 0) is 33.9 Å². The summed E-state index contributed by atoms with van der Waals surface area (Å²) in [5.74, 6) is -0.395.